The third kappa shape index (κ3) is 8.89. The number of hydrogen-bond donors (Lipinski definition) is 4. The van der Waals surface area contributed by atoms with Crippen LogP contribution in [0, 0.1) is 11.8 Å². The van der Waals surface area contributed by atoms with Gasteiger partial charge in [0.1, 0.15) is 12.6 Å². The normalized spacial score (nSPS) is 12.1. The molecule has 0 fully saturated rings. The van der Waals surface area contributed by atoms with E-state index in [4.69, 9.17) is 5.11 Å². The van der Waals surface area contributed by atoms with Crippen LogP contribution in [-0.4, -0.2) is 53.1 Å². The zero-order valence-electron chi connectivity index (χ0n) is 18.9. The number of rotatable bonds is 10. The van der Waals surface area contributed by atoms with Crippen molar-refractivity contribution in [2.24, 2.45) is 0 Å². The molecular formula is C26H30N2O5. The van der Waals surface area contributed by atoms with E-state index in [1.54, 1.807) is 24.3 Å². The highest BCUT2D eigenvalue weighted by molar-refractivity contribution is 5.98. The van der Waals surface area contributed by atoms with Gasteiger partial charge in [-0.25, -0.2) is 0 Å². The molecule has 2 rings (SSSR count). The van der Waals surface area contributed by atoms with Crippen molar-refractivity contribution in [3.63, 3.8) is 0 Å². The van der Waals surface area contributed by atoms with Gasteiger partial charge >= 0.3 is 0 Å². The fourth-order valence-electron chi connectivity index (χ4n) is 3.12. The topological polar surface area (TPSA) is 116 Å². The summed E-state index contributed by atoms with van der Waals surface area (Å²) < 4.78 is 0. The second kappa shape index (κ2) is 13.2. The summed E-state index contributed by atoms with van der Waals surface area (Å²) in [5, 5.41) is 23.9. The minimum atomic E-state index is -1.16. The molecule has 0 unspecified atom stereocenters. The highest BCUT2D eigenvalue weighted by Crippen LogP contribution is 2.09. The summed E-state index contributed by atoms with van der Waals surface area (Å²) in [7, 11) is 0. The van der Waals surface area contributed by atoms with Crippen LogP contribution in [0.4, 0.5) is 0 Å². The van der Waals surface area contributed by atoms with Gasteiger partial charge in [0, 0.05) is 30.2 Å². The molecule has 0 saturated heterocycles. The predicted molar refractivity (Wildman–Crippen MR) is 126 cm³/mol. The van der Waals surface area contributed by atoms with Crippen LogP contribution in [0.2, 0.25) is 0 Å². The molecule has 0 radical (unpaired) electrons. The van der Waals surface area contributed by atoms with Crippen molar-refractivity contribution in [3.05, 3.63) is 70.8 Å². The number of Topliss-reactive ketones (excluding diaryl/α,β-unsaturated/α-hetero) is 1. The van der Waals surface area contributed by atoms with Crippen molar-refractivity contribution in [1.29, 1.82) is 0 Å². The maximum Gasteiger partial charge on any atom is 0.251 e. The second-order valence-electron chi connectivity index (χ2n) is 7.78. The van der Waals surface area contributed by atoms with E-state index in [1.165, 1.54) is 19.4 Å². The monoisotopic (exact) mass is 450 g/mol. The van der Waals surface area contributed by atoms with Crippen molar-refractivity contribution in [1.82, 2.24) is 10.6 Å². The standard InChI is InChI=1S/C26H30N2O5/c1-18(30)25(24(32)17-29)28-26(33)23-14-12-22(13-15-23)11-10-21-8-6-20(7-9-21)5-3-4-16-27-19(2)31/h6-9,12-15,18,25,29-30H,3-5,16-17H2,1-2H3,(H,27,31)(H,28,33)/t18-,25+/m1/s1. The zero-order valence-corrected chi connectivity index (χ0v) is 18.9. The van der Waals surface area contributed by atoms with Gasteiger partial charge in [-0.05, 0) is 68.1 Å². The van der Waals surface area contributed by atoms with Crippen LogP contribution in [0.25, 0.3) is 0 Å². The van der Waals surface area contributed by atoms with E-state index in [0.29, 0.717) is 12.1 Å². The van der Waals surface area contributed by atoms with Crippen LogP contribution in [-0.2, 0) is 16.0 Å². The number of aliphatic hydroxyl groups is 2. The highest BCUT2D eigenvalue weighted by Gasteiger charge is 2.25. The van der Waals surface area contributed by atoms with Gasteiger partial charge in [-0.3, -0.25) is 14.4 Å². The van der Waals surface area contributed by atoms with Crippen LogP contribution in [0.3, 0.4) is 0 Å². The Bertz CT molecular complexity index is 1000. The minimum absolute atomic E-state index is 0.00431. The van der Waals surface area contributed by atoms with Gasteiger partial charge in [0.2, 0.25) is 5.91 Å². The molecule has 0 saturated carbocycles. The molecule has 7 heteroatoms. The van der Waals surface area contributed by atoms with Crippen molar-refractivity contribution in [3.8, 4) is 11.8 Å². The molecule has 0 heterocycles. The van der Waals surface area contributed by atoms with Gasteiger partial charge in [0.15, 0.2) is 5.78 Å². The smallest absolute Gasteiger partial charge is 0.251 e. The summed E-state index contributed by atoms with van der Waals surface area (Å²) >= 11 is 0. The summed E-state index contributed by atoms with van der Waals surface area (Å²) in [6, 6.07) is 13.4. The van der Waals surface area contributed by atoms with E-state index >= 15 is 0 Å². The lowest BCUT2D eigenvalue weighted by Gasteiger charge is -2.19. The average Bonchev–Trinajstić information content (AvgIpc) is 2.81. The first-order valence-corrected chi connectivity index (χ1v) is 10.9. The van der Waals surface area contributed by atoms with Crippen LogP contribution >= 0.6 is 0 Å². The Morgan fingerprint density at radius 3 is 2.03 bits per heavy atom. The number of aryl methyl sites for hydroxylation is 1. The Morgan fingerprint density at radius 2 is 1.52 bits per heavy atom. The molecule has 0 aromatic heterocycles. The molecule has 0 aliphatic heterocycles. The Hall–Kier alpha value is -3.47. The first-order valence-electron chi connectivity index (χ1n) is 10.9. The zero-order chi connectivity index (χ0) is 24.2. The molecule has 0 bridgehead atoms. The van der Waals surface area contributed by atoms with Crippen LogP contribution in [0.1, 0.15) is 53.7 Å². The van der Waals surface area contributed by atoms with E-state index < -0.39 is 30.4 Å². The number of unbranched alkanes of at least 4 members (excludes halogenated alkanes) is 1. The Morgan fingerprint density at radius 1 is 0.939 bits per heavy atom. The third-order valence-corrected chi connectivity index (χ3v) is 4.99. The number of hydrogen-bond acceptors (Lipinski definition) is 5. The van der Waals surface area contributed by atoms with Crippen LogP contribution in [0.15, 0.2) is 48.5 Å². The first-order chi connectivity index (χ1) is 15.8. The van der Waals surface area contributed by atoms with E-state index in [-0.39, 0.29) is 5.91 Å². The Kier molecular flexibility index (Phi) is 10.3. The van der Waals surface area contributed by atoms with Crippen molar-refractivity contribution < 1.29 is 24.6 Å². The molecule has 2 aromatic carbocycles. The molecular weight excluding hydrogens is 420 g/mol. The third-order valence-electron chi connectivity index (χ3n) is 4.99. The van der Waals surface area contributed by atoms with Gasteiger partial charge in [-0.1, -0.05) is 24.0 Å². The van der Waals surface area contributed by atoms with E-state index in [9.17, 15) is 19.5 Å². The number of amides is 2. The molecule has 33 heavy (non-hydrogen) atoms. The summed E-state index contributed by atoms with van der Waals surface area (Å²) in [4.78, 5) is 34.8. The number of ketones is 1. The van der Waals surface area contributed by atoms with Crippen LogP contribution < -0.4 is 10.6 Å². The second-order valence-corrected chi connectivity index (χ2v) is 7.78. The molecule has 7 nitrogen and oxygen atoms in total. The number of carbonyl (C=O) groups is 3. The number of aliphatic hydroxyl groups excluding tert-OH is 2. The van der Waals surface area contributed by atoms with Gasteiger partial charge in [0.05, 0.1) is 6.10 Å². The lowest BCUT2D eigenvalue weighted by molar-refractivity contribution is -0.126. The molecule has 0 spiro atoms. The fraction of sp³-hybridized carbons (Fsp3) is 0.346. The van der Waals surface area contributed by atoms with Crippen molar-refractivity contribution in [2.75, 3.05) is 13.2 Å². The summed E-state index contributed by atoms with van der Waals surface area (Å²) in [6.45, 7) is 2.83. The van der Waals surface area contributed by atoms with Crippen molar-refractivity contribution in [2.45, 2.75) is 45.3 Å². The molecule has 174 valence electrons. The van der Waals surface area contributed by atoms with E-state index in [0.717, 1.165) is 30.4 Å². The van der Waals surface area contributed by atoms with Gasteiger partial charge in [-0.15, -0.1) is 0 Å². The van der Waals surface area contributed by atoms with E-state index in [1.807, 2.05) is 24.3 Å². The Balaban J connectivity index is 1.91. The van der Waals surface area contributed by atoms with Gasteiger partial charge in [-0.2, -0.15) is 0 Å². The first kappa shape index (κ1) is 25.8. The largest absolute Gasteiger partial charge is 0.391 e. The summed E-state index contributed by atoms with van der Waals surface area (Å²) in [6.07, 6.45) is 1.76. The molecule has 2 aromatic rings. The predicted octanol–water partition coefficient (Wildman–Crippen LogP) is 1.59. The lowest BCUT2D eigenvalue weighted by atomic mass is 10.1. The lowest BCUT2D eigenvalue weighted by Crippen LogP contribution is -2.48. The number of benzene rings is 2. The van der Waals surface area contributed by atoms with Gasteiger partial charge in [0.25, 0.3) is 5.91 Å². The quantitative estimate of drug-likeness (QED) is 0.324. The Labute approximate surface area is 194 Å². The fourth-order valence-corrected chi connectivity index (χ4v) is 3.12. The molecule has 0 aliphatic carbocycles. The molecule has 0 aliphatic rings. The maximum atomic E-state index is 12.3. The number of carbonyl (C=O) groups excluding carboxylic acids is 3. The summed E-state index contributed by atoms with van der Waals surface area (Å²) in [5.41, 5.74) is 3.14. The molecule has 2 atom stereocenters. The SMILES string of the molecule is CC(=O)NCCCCc1ccc(C#Cc2ccc(C(=O)N[C@H](C(=O)CO)[C@@H](C)O)cc2)cc1. The number of nitrogens with one attached hydrogen (secondary N) is 2. The average molecular weight is 451 g/mol. The van der Waals surface area contributed by atoms with Crippen molar-refractivity contribution >= 4 is 17.6 Å². The molecule has 4 N–H and O–H groups in total. The minimum Gasteiger partial charge on any atom is -0.391 e. The highest BCUT2D eigenvalue weighted by atomic mass is 16.3. The summed E-state index contributed by atoms with van der Waals surface area (Å²) in [5.74, 6) is 4.97. The molecule has 2 amide bonds. The van der Waals surface area contributed by atoms with Gasteiger partial charge < -0.3 is 20.8 Å². The van der Waals surface area contributed by atoms with E-state index in [2.05, 4.69) is 22.5 Å². The van der Waals surface area contributed by atoms with Crippen LogP contribution in [0.5, 0.6) is 0 Å². The maximum absolute atomic E-state index is 12.3.